The quantitative estimate of drug-likeness (QED) is 0.267. The van der Waals surface area contributed by atoms with Crippen LogP contribution in [-0.2, 0) is 9.09 Å². The molecule has 0 aromatic rings. The van der Waals surface area contributed by atoms with Crippen LogP contribution in [0.1, 0.15) is 96.8 Å². The van der Waals surface area contributed by atoms with Gasteiger partial charge in [0.2, 0.25) is 0 Å². The van der Waals surface area contributed by atoms with Crippen molar-refractivity contribution in [3.8, 4) is 0 Å². The van der Waals surface area contributed by atoms with E-state index in [1.807, 2.05) is 0 Å². The van der Waals surface area contributed by atoms with E-state index >= 15 is 0 Å². The van der Waals surface area contributed by atoms with Gasteiger partial charge >= 0.3 is 18.9 Å². The number of unbranched alkanes of at least 4 members (excludes halogenated alkanes) is 13. The molecular weight excluding hydrogens is 294 g/mol. The van der Waals surface area contributed by atoms with Crippen LogP contribution >= 0.6 is 7.82 Å². The van der Waals surface area contributed by atoms with Crippen LogP contribution < -0.4 is 23.8 Å². The van der Waals surface area contributed by atoms with Gasteiger partial charge in [0.15, 0.2) is 0 Å². The van der Waals surface area contributed by atoms with Crippen LogP contribution in [0, 0.1) is 0 Å². The summed E-state index contributed by atoms with van der Waals surface area (Å²) in [7, 11) is -4.50. The fourth-order valence-corrected chi connectivity index (χ4v) is 2.84. The molecule has 0 aromatic heterocycles. The van der Waals surface area contributed by atoms with Crippen molar-refractivity contribution in [1.29, 1.82) is 0 Å². The van der Waals surface area contributed by atoms with E-state index in [-0.39, 0.29) is 25.5 Å². The minimum atomic E-state index is -4.50. The summed E-state index contributed by atoms with van der Waals surface area (Å²) in [6.07, 6.45) is 17.6. The molecule has 0 aromatic carbocycles. The molecule has 0 radical (unpaired) electrons. The van der Waals surface area contributed by atoms with Gasteiger partial charge in [0.25, 0.3) is 7.82 Å². The Labute approximate surface area is 149 Å². The van der Waals surface area contributed by atoms with Crippen molar-refractivity contribution < 1.29 is 37.7 Å². The molecule has 22 heavy (non-hydrogen) atoms. The van der Waals surface area contributed by atoms with E-state index in [2.05, 4.69) is 11.4 Å². The second-order valence-electron chi connectivity index (χ2n) is 5.90. The molecule has 1 N–H and O–H groups in total. The molecule has 0 fully saturated rings. The molecule has 6 heteroatoms. The molecule has 0 saturated heterocycles. The first kappa shape index (κ1) is 25.0. The monoisotopic (exact) mass is 328 g/mol. The summed E-state index contributed by atoms with van der Waals surface area (Å²) in [5.41, 5.74) is 0. The summed E-state index contributed by atoms with van der Waals surface area (Å²) < 4.78 is 14.6. The minimum absolute atomic E-state index is 0. The third-order valence-corrected chi connectivity index (χ3v) is 4.26. The normalized spacial score (nSPS) is 13.6. The van der Waals surface area contributed by atoms with Crippen LogP contribution in [0.4, 0.5) is 0 Å². The van der Waals surface area contributed by atoms with Crippen molar-refractivity contribution in [2.45, 2.75) is 96.8 Å². The zero-order valence-electron chi connectivity index (χ0n) is 14.7. The van der Waals surface area contributed by atoms with E-state index in [4.69, 9.17) is 4.89 Å². The van der Waals surface area contributed by atoms with Gasteiger partial charge in [-0.25, -0.2) is 0 Å². The van der Waals surface area contributed by atoms with Crippen molar-refractivity contribution >= 4 is 7.82 Å². The summed E-state index contributed by atoms with van der Waals surface area (Å²) in [6, 6.07) is 0. The molecule has 0 rings (SSSR count). The zero-order valence-corrected chi connectivity index (χ0v) is 15.6. The summed E-state index contributed by atoms with van der Waals surface area (Å²) in [4.78, 5) is 18.7. The Morgan fingerprint density at radius 2 is 1.09 bits per heavy atom. The van der Waals surface area contributed by atoms with Gasteiger partial charge in [-0.15, -0.1) is 0 Å². The molecule has 0 heterocycles. The molecule has 0 aliphatic carbocycles. The maximum Gasteiger partial charge on any atom is 1.00 e. The van der Waals surface area contributed by atoms with Crippen molar-refractivity contribution in [3.05, 3.63) is 0 Å². The molecule has 0 aliphatic rings. The molecule has 0 spiro atoms. The number of phosphoric acid groups is 1. The van der Waals surface area contributed by atoms with E-state index in [1.165, 1.54) is 70.6 Å². The largest absolute Gasteiger partial charge is 1.00 e. The van der Waals surface area contributed by atoms with Gasteiger partial charge in [-0.3, -0.25) is 4.57 Å². The van der Waals surface area contributed by atoms with E-state index in [0.717, 1.165) is 12.8 Å². The van der Waals surface area contributed by atoms with Gasteiger partial charge in [-0.1, -0.05) is 90.4 Å². The van der Waals surface area contributed by atoms with Crippen LogP contribution in [0.2, 0.25) is 0 Å². The fraction of sp³-hybridized carbons (Fsp3) is 1.00. The van der Waals surface area contributed by atoms with Gasteiger partial charge in [-0.05, 0) is 6.42 Å². The summed E-state index contributed by atoms with van der Waals surface area (Å²) >= 11 is 0. The first-order valence-corrected chi connectivity index (χ1v) is 10.2. The Kier molecular flexibility index (Phi) is 20.5. The van der Waals surface area contributed by atoms with Crippen LogP contribution in [0.3, 0.4) is 0 Å². The fourth-order valence-electron chi connectivity index (χ4n) is 2.48. The van der Waals surface area contributed by atoms with Crippen molar-refractivity contribution in [2.24, 2.45) is 0 Å². The summed E-state index contributed by atoms with van der Waals surface area (Å²) in [6.45, 7) is 2.36. The van der Waals surface area contributed by atoms with E-state index in [9.17, 15) is 9.46 Å². The van der Waals surface area contributed by atoms with Crippen molar-refractivity contribution in [1.82, 2.24) is 0 Å². The van der Waals surface area contributed by atoms with Crippen LogP contribution in [0.25, 0.3) is 0 Å². The molecule has 0 aliphatic heterocycles. The molecular formula is C16H34LiO4P. The zero-order chi connectivity index (χ0) is 15.8. The Bertz CT molecular complexity index is 259. The molecule has 4 nitrogen and oxygen atoms in total. The number of hydrogen-bond donors (Lipinski definition) is 1. The number of phosphoric ester groups is 1. The topological polar surface area (TPSA) is 69.6 Å². The standard InChI is InChI=1S/C16H35O4P.Li/c1-2-3-4-5-6-7-8-9-10-11-12-13-14-15-16-20-21(17,18)19;/h2-16H2,1H3,(H2,17,18,19);/q;+1/p-1. The van der Waals surface area contributed by atoms with Gasteiger partial charge in [0, 0.05) is 0 Å². The molecule has 1 unspecified atom stereocenters. The van der Waals surface area contributed by atoms with Gasteiger partial charge in [-0.2, -0.15) is 0 Å². The predicted molar refractivity (Wildman–Crippen MR) is 86.1 cm³/mol. The SMILES string of the molecule is CCCCCCCCCCCCCCCCOP(=O)([O-])O.[Li+]. The first-order chi connectivity index (χ1) is 10.1. The first-order valence-electron chi connectivity index (χ1n) is 8.74. The van der Waals surface area contributed by atoms with E-state index in [0.29, 0.717) is 6.42 Å². The maximum atomic E-state index is 10.3. The summed E-state index contributed by atoms with van der Waals surface area (Å²) in [5.74, 6) is 0. The Morgan fingerprint density at radius 3 is 1.41 bits per heavy atom. The smallest absolute Gasteiger partial charge is 0.756 e. The number of hydrogen-bond acceptors (Lipinski definition) is 3. The Balaban J connectivity index is 0. The van der Waals surface area contributed by atoms with Crippen molar-refractivity contribution in [2.75, 3.05) is 6.61 Å². The average Bonchev–Trinajstić information content (AvgIpc) is 2.42. The predicted octanol–water partition coefficient (Wildman–Crippen LogP) is 1.95. The molecule has 1 atom stereocenters. The van der Waals surface area contributed by atoms with Crippen LogP contribution in [-0.4, -0.2) is 11.5 Å². The molecule has 0 saturated carbocycles. The Hall–Kier alpha value is 0.707. The van der Waals surface area contributed by atoms with Gasteiger partial charge in [0.05, 0.1) is 6.61 Å². The number of rotatable bonds is 16. The van der Waals surface area contributed by atoms with Gasteiger partial charge < -0.3 is 14.3 Å². The maximum absolute atomic E-state index is 10.3. The molecule has 128 valence electrons. The Morgan fingerprint density at radius 1 is 0.773 bits per heavy atom. The molecule has 0 amide bonds. The van der Waals surface area contributed by atoms with Crippen LogP contribution in [0.15, 0.2) is 0 Å². The second-order valence-corrected chi connectivity index (χ2v) is 7.09. The third-order valence-electron chi connectivity index (χ3n) is 3.75. The van der Waals surface area contributed by atoms with E-state index in [1.54, 1.807) is 0 Å². The van der Waals surface area contributed by atoms with Gasteiger partial charge in [0.1, 0.15) is 0 Å². The summed E-state index contributed by atoms with van der Waals surface area (Å²) in [5, 5.41) is 0. The molecule has 0 bridgehead atoms. The third kappa shape index (κ3) is 23.0. The van der Waals surface area contributed by atoms with E-state index < -0.39 is 7.82 Å². The second kappa shape index (κ2) is 18.1. The van der Waals surface area contributed by atoms with Crippen LogP contribution in [0.5, 0.6) is 0 Å². The average molecular weight is 328 g/mol. The van der Waals surface area contributed by atoms with Crippen molar-refractivity contribution in [3.63, 3.8) is 0 Å². The minimum Gasteiger partial charge on any atom is -0.756 e.